The van der Waals surface area contributed by atoms with Gasteiger partial charge in [0, 0.05) is 6.61 Å². The van der Waals surface area contributed by atoms with Gasteiger partial charge in [0.2, 0.25) is 0 Å². The van der Waals surface area contributed by atoms with E-state index in [9.17, 15) is 0 Å². The van der Waals surface area contributed by atoms with Gasteiger partial charge in [-0.2, -0.15) is 0 Å². The molecule has 96 valence electrons. The summed E-state index contributed by atoms with van der Waals surface area (Å²) in [6.45, 7) is 5.15. The maximum atomic E-state index is 6.07. The summed E-state index contributed by atoms with van der Waals surface area (Å²) < 4.78 is 8.02. The highest BCUT2D eigenvalue weighted by atomic mass is 35.5. The molecule has 1 aliphatic rings. The third-order valence-electron chi connectivity index (χ3n) is 4.11. The normalized spacial score (nSPS) is 28.1. The molecule has 1 fully saturated rings. The Morgan fingerprint density at radius 1 is 1.50 bits per heavy atom. The van der Waals surface area contributed by atoms with E-state index in [-0.39, 0.29) is 11.6 Å². The van der Waals surface area contributed by atoms with Crippen LogP contribution in [0.3, 0.4) is 0 Å². The second-order valence-corrected chi connectivity index (χ2v) is 5.37. The van der Waals surface area contributed by atoms with Crippen molar-refractivity contribution in [2.45, 2.75) is 37.8 Å². The molecule has 0 aliphatic carbocycles. The monoisotopic (exact) mass is 264 g/mol. The van der Waals surface area contributed by atoms with E-state index in [1.807, 2.05) is 18.2 Å². The van der Waals surface area contributed by atoms with Crippen molar-refractivity contribution < 1.29 is 4.74 Å². The SMILES string of the molecule is CC1OCCC1(C)n1c(CCl)nc2ccccc21. The fourth-order valence-corrected chi connectivity index (χ4v) is 3.03. The molecule has 3 nitrogen and oxygen atoms in total. The van der Waals surface area contributed by atoms with Crippen molar-refractivity contribution in [3.8, 4) is 0 Å². The molecule has 0 spiro atoms. The molecular weight excluding hydrogens is 248 g/mol. The zero-order chi connectivity index (χ0) is 12.8. The number of rotatable bonds is 2. The number of ether oxygens (including phenoxy) is 1. The number of hydrogen-bond donors (Lipinski definition) is 0. The predicted molar refractivity (Wildman–Crippen MR) is 73.0 cm³/mol. The van der Waals surface area contributed by atoms with Gasteiger partial charge >= 0.3 is 0 Å². The number of alkyl halides is 1. The van der Waals surface area contributed by atoms with E-state index < -0.39 is 0 Å². The van der Waals surface area contributed by atoms with Gasteiger partial charge in [-0.25, -0.2) is 4.98 Å². The summed E-state index contributed by atoms with van der Waals surface area (Å²) in [6.07, 6.45) is 1.18. The van der Waals surface area contributed by atoms with Crippen molar-refractivity contribution >= 4 is 22.6 Å². The maximum absolute atomic E-state index is 6.07. The van der Waals surface area contributed by atoms with Gasteiger partial charge in [-0.1, -0.05) is 12.1 Å². The van der Waals surface area contributed by atoms with Crippen molar-refractivity contribution in [1.29, 1.82) is 0 Å². The first-order chi connectivity index (χ1) is 8.66. The lowest BCUT2D eigenvalue weighted by Crippen LogP contribution is -2.37. The molecule has 2 atom stereocenters. The number of aromatic nitrogens is 2. The highest BCUT2D eigenvalue weighted by molar-refractivity contribution is 6.16. The topological polar surface area (TPSA) is 27.1 Å². The first kappa shape index (κ1) is 12.0. The summed E-state index contributed by atoms with van der Waals surface area (Å²) in [7, 11) is 0. The average Bonchev–Trinajstić information content (AvgIpc) is 2.91. The lowest BCUT2D eigenvalue weighted by molar-refractivity contribution is 0.0766. The molecule has 1 aromatic carbocycles. The second-order valence-electron chi connectivity index (χ2n) is 5.11. The standard InChI is InChI=1S/C14H17ClN2O/c1-10-14(2,7-8-18-10)17-12-6-4-3-5-11(12)16-13(17)9-15/h3-6,10H,7-9H2,1-2H3. The van der Waals surface area contributed by atoms with E-state index in [1.165, 1.54) is 0 Å². The molecule has 0 amide bonds. The second kappa shape index (κ2) is 4.25. The minimum absolute atomic E-state index is 0.0552. The van der Waals surface area contributed by atoms with Crippen molar-refractivity contribution in [3.05, 3.63) is 30.1 Å². The summed E-state index contributed by atoms with van der Waals surface area (Å²) >= 11 is 6.07. The van der Waals surface area contributed by atoms with Gasteiger partial charge in [0.25, 0.3) is 0 Å². The smallest absolute Gasteiger partial charge is 0.125 e. The van der Waals surface area contributed by atoms with E-state index in [4.69, 9.17) is 16.3 Å². The number of fused-ring (bicyclic) bond motifs is 1. The molecule has 3 rings (SSSR count). The fourth-order valence-electron chi connectivity index (χ4n) is 2.85. The lowest BCUT2D eigenvalue weighted by atomic mass is 9.93. The number of benzene rings is 1. The molecule has 0 radical (unpaired) electrons. The molecule has 0 saturated carbocycles. The third kappa shape index (κ3) is 1.57. The van der Waals surface area contributed by atoms with Crippen LogP contribution in [0.15, 0.2) is 24.3 Å². The zero-order valence-corrected chi connectivity index (χ0v) is 11.4. The Kier molecular flexibility index (Phi) is 2.83. The Labute approximate surface area is 112 Å². The number of nitrogens with zero attached hydrogens (tertiary/aromatic N) is 2. The van der Waals surface area contributed by atoms with Crippen LogP contribution in [0.4, 0.5) is 0 Å². The largest absolute Gasteiger partial charge is 0.376 e. The highest BCUT2D eigenvalue weighted by Gasteiger charge is 2.40. The number of hydrogen-bond acceptors (Lipinski definition) is 2. The van der Waals surface area contributed by atoms with Gasteiger partial charge < -0.3 is 9.30 Å². The number of para-hydroxylation sites is 2. The van der Waals surface area contributed by atoms with Crippen LogP contribution in [0.25, 0.3) is 11.0 Å². The zero-order valence-electron chi connectivity index (χ0n) is 10.7. The van der Waals surface area contributed by atoms with Crippen LogP contribution in [0.5, 0.6) is 0 Å². The molecule has 18 heavy (non-hydrogen) atoms. The van der Waals surface area contributed by atoms with E-state index in [1.54, 1.807) is 0 Å². The minimum atomic E-state index is -0.0552. The molecular formula is C14H17ClN2O. The molecule has 0 N–H and O–H groups in total. The first-order valence-corrected chi connectivity index (χ1v) is 6.84. The van der Waals surface area contributed by atoms with Gasteiger partial charge in [0.1, 0.15) is 5.82 Å². The van der Waals surface area contributed by atoms with Crippen molar-refractivity contribution in [3.63, 3.8) is 0 Å². The molecule has 1 aromatic heterocycles. The van der Waals surface area contributed by atoms with Crippen molar-refractivity contribution in [1.82, 2.24) is 9.55 Å². The number of halogens is 1. The lowest BCUT2D eigenvalue weighted by Gasteiger charge is -2.31. The molecule has 1 saturated heterocycles. The van der Waals surface area contributed by atoms with Crippen LogP contribution in [0.1, 0.15) is 26.1 Å². The Balaban J connectivity index is 2.26. The Morgan fingerprint density at radius 3 is 2.94 bits per heavy atom. The average molecular weight is 265 g/mol. The van der Waals surface area contributed by atoms with Crippen LogP contribution in [-0.4, -0.2) is 22.3 Å². The van der Waals surface area contributed by atoms with Crippen LogP contribution < -0.4 is 0 Å². The fraction of sp³-hybridized carbons (Fsp3) is 0.500. The summed E-state index contributed by atoms with van der Waals surface area (Å²) in [5, 5.41) is 0. The van der Waals surface area contributed by atoms with E-state index in [2.05, 4.69) is 29.5 Å². The summed E-state index contributed by atoms with van der Waals surface area (Å²) in [5.41, 5.74) is 2.10. The maximum Gasteiger partial charge on any atom is 0.125 e. The van der Waals surface area contributed by atoms with Crippen molar-refractivity contribution in [2.75, 3.05) is 6.61 Å². The summed E-state index contributed by atoms with van der Waals surface area (Å²) in [4.78, 5) is 4.63. The van der Waals surface area contributed by atoms with Crippen LogP contribution >= 0.6 is 11.6 Å². The quantitative estimate of drug-likeness (QED) is 0.779. The van der Waals surface area contributed by atoms with Gasteiger partial charge in [-0.05, 0) is 32.4 Å². The Hall–Kier alpha value is -1.06. The minimum Gasteiger partial charge on any atom is -0.376 e. The number of imidazole rings is 1. The highest BCUT2D eigenvalue weighted by Crippen LogP contribution is 2.37. The molecule has 2 heterocycles. The van der Waals surface area contributed by atoms with Crippen LogP contribution in [-0.2, 0) is 16.2 Å². The summed E-state index contributed by atoms with van der Waals surface area (Å²) in [6, 6.07) is 8.19. The van der Waals surface area contributed by atoms with Crippen LogP contribution in [0, 0.1) is 0 Å². The van der Waals surface area contributed by atoms with E-state index >= 15 is 0 Å². The molecule has 2 aromatic rings. The molecule has 4 heteroatoms. The molecule has 0 bridgehead atoms. The molecule has 2 unspecified atom stereocenters. The van der Waals surface area contributed by atoms with Gasteiger partial charge in [0.15, 0.2) is 0 Å². The van der Waals surface area contributed by atoms with E-state index in [0.29, 0.717) is 5.88 Å². The van der Waals surface area contributed by atoms with Crippen molar-refractivity contribution in [2.24, 2.45) is 0 Å². The van der Waals surface area contributed by atoms with Gasteiger partial charge in [-0.15, -0.1) is 11.6 Å². The van der Waals surface area contributed by atoms with Gasteiger partial charge in [-0.3, -0.25) is 0 Å². The van der Waals surface area contributed by atoms with E-state index in [0.717, 1.165) is 29.9 Å². The Morgan fingerprint density at radius 2 is 2.28 bits per heavy atom. The first-order valence-electron chi connectivity index (χ1n) is 6.31. The third-order valence-corrected chi connectivity index (χ3v) is 4.35. The molecule has 1 aliphatic heterocycles. The van der Waals surface area contributed by atoms with Crippen LogP contribution in [0.2, 0.25) is 0 Å². The van der Waals surface area contributed by atoms with Gasteiger partial charge in [0.05, 0.1) is 28.6 Å². The summed E-state index contributed by atoms with van der Waals surface area (Å²) in [5.74, 6) is 1.36. The Bertz CT molecular complexity index is 580. The predicted octanol–water partition coefficient (Wildman–Crippen LogP) is 3.30.